The molecule has 0 unspecified atom stereocenters. The minimum atomic E-state index is -0.563. The van der Waals surface area contributed by atoms with Crippen LogP contribution < -0.4 is 10.6 Å². The van der Waals surface area contributed by atoms with Gasteiger partial charge in [-0.15, -0.1) is 0 Å². The summed E-state index contributed by atoms with van der Waals surface area (Å²) in [6.45, 7) is 0. The molecule has 1 aliphatic rings. The van der Waals surface area contributed by atoms with Gasteiger partial charge in [0, 0.05) is 16.5 Å². The zero-order valence-electron chi connectivity index (χ0n) is 13.1. The predicted molar refractivity (Wildman–Crippen MR) is 108 cm³/mol. The number of thioether (sulfide) groups is 1. The number of nitrogens with zero attached hydrogens (tertiary/aromatic N) is 1. The first-order valence-corrected chi connectivity index (χ1v) is 9.49. The van der Waals surface area contributed by atoms with Crippen molar-refractivity contribution in [2.75, 3.05) is 5.32 Å². The zero-order chi connectivity index (χ0) is 18.7. The number of benzene rings is 2. The Morgan fingerprint density at radius 2 is 1.81 bits per heavy atom. The molecule has 2 N–H and O–H groups in total. The number of aliphatic imine (C=N–C) groups is 1. The van der Waals surface area contributed by atoms with Crippen molar-refractivity contribution in [1.29, 1.82) is 0 Å². The molecule has 0 radical (unpaired) electrons. The van der Waals surface area contributed by atoms with Crippen molar-refractivity contribution in [3.63, 3.8) is 0 Å². The fraction of sp³-hybridized carbons (Fsp3) is 0.118. The van der Waals surface area contributed by atoms with Gasteiger partial charge in [0.25, 0.3) is 0 Å². The molecule has 1 fully saturated rings. The highest BCUT2D eigenvalue weighted by Crippen LogP contribution is 2.28. The van der Waals surface area contributed by atoms with E-state index in [9.17, 15) is 9.59 Å². The first kappa shape index (κ1) is 19.0. The molecule has 1 aliphatic heterocycles. The fourth-order valence-corrected chi connectivity index (χ4v) is 3.76. The number of amides is 2. The second-order valence-electron chi connectivity index (χ2n) is 5.37. The smallest absolute Gasteiger partial charge is 0.240 e. The first-order chi connectivity index (χ1) is 12.4. The lowest BCUT2D eigenvalue weighted by Gasteiger charge is -2.09. The molecule has 0 aliphatic carbocycles. The molecule has 0 bridgehead atoms. The van der Waals surface area contributed by atoms with Crippen molar-refractivity contribution in [2.24, 2.45) is 4.99 Å². The normalized spacial score (nSPS) is 18.0. The predicted octanol–water partition coefficient (Wildman–Crippen LogP) is 4.89. The maximum Gasteiger partial charge on any atom is 0.240 e. The van der Waals surface area contributed by atoms with Gasteiger partial charge in [0.05, 0.1) is 16.4 Å². The minimum absolute atomic E-state index is 0.00487. The second-order valence-corrected chi connectivity index (χ2v) is 7.84. The zero-order valence-corrected chi connectivity index (χ0v) is 16.2. The van der Waals surface area contributed by atoms with E-state index < -0.39 is 5.25 Å². The van der Waals surface area contributed by atoms with Gasteiger partial charge in [0.2, 0.25) is 11.8 Å². The number of carbonyl (C=O) groups excluding carboxylic acids is 2. The van der Waals surface area contributed by atoms with Crippen molar-refractivity contribution in [3.8, 4) is 0 Å². The molecular weight excluding hydrogens is 417 g/mol. The van der Waals surface area contributed by atoms with Crippen LogP contribution in [0.1, 0.15) is 6.42 Å². The molecule has 0 spiro atoms. The van der Waals surface area contributed by atoms with Gasteiger partial charge in [-0.3, -0.25) is 9.59 Å². The molecule has 1 atom stereocenters. The van der Waals surface area contributed by atoms with Crippen molar-refractivity contribution in [1.82, 2.24) is 5.32 Å². The van der Waals surface area contributed by atoms with Crippen LogP contribution in [0.15, 0.2) is 47.5 Å². The highest BCUT2D eigenvalue weighted by Gasteiger charge is 2.32. The number of halogens is 3. The summed E-state index contributed by atoms with van der Waals surface area (Å²) in [6, 6.07) is 11.7. The van der Waals surface area contributed by atoms with Crippen LogP contribution in [0.5, 0.6) is 0 Å². The van der Waals surface area contributed by atoms with Gasteiger partial charge >= 0.3 is 0 Å². The molecule has 2 amide bonds. The van der Waals surface area contributed by atoms with Gasteiger partial charge in [0.15, 0.2) is 5.17 Å². The van der Waals surface area contributed by atoms with Crippen LogP contribution in [0.3, 0.4) is 0 Å². The minimum Gasteiger partial charge on any atom is -0.325 e. The Hall–Kier alpha value is -1.73. The monoisotopic (exact) mass is 427 g/mol. The quantitative estimate of drug-likeness (QED) is 0.728. The highest BCUT2D eigenvalue weighted by atomic mass is 35.5. The van der Waals surface area contributed by atoms with Crippen LogP contribution in [0.2, 0.25) is 15.1 Å². The van der Waals surface area contributed by atoms with E-state index in [-0.39, 0.29) is 18.2 Å². The van der Waals surface area contributed by atoms with Crippen LogP contribution in [0, 0.1) is 0 Å². The standard InChI is InChI=1S/C17H12Cl3N3O2S/c18-9-1-4-11(5-2-9)21-17-23-16(25)14(26-17)8-15(24)22-13-6-3-10(19)7-12(13)20/h1-7,14H,8H2,(H,22,24)(H,21,23,25)/t14-/m1/s1. The van der Waals surface area contributed by atoms with E-state index in [0.29, 0.717) is 31.6 Å². The number of anilines is 1. The Morgan fingerprint density at radius 1 is 1.12 bits per heavy atom. The SMILES string of the molecule is O=C(C[C@H]1SC(=Nc2ccc(Cl)cc2)NC1=O)Nc1ccc(Cl)cc1Cl. The van der Waals surface area contributed by atoms with E-state index in [1.165, 1.54) is 17.8 Å². The molecule has 9 heteroatoms. The van der Waals surface area contributed by atoms with E-state index in [1.54, 1.807) is 36.4 Å². The average Bonchev–Trinajstić information content (AvgIpc) is 2.91. The fourth-order valence-electron chi connectivity index (χ4n) is 2.19. The van der Waals surface area contributed by atoms with Gasteiger partial charge < -0.3 is 10.6 Å². The third-order valence-corrected chi connectivity index (χ3v) is 5.29. The van der Waals surface area contributed by atoms with E-state index >= 15 is 0 Å². The van der Waals surface area contributed by atoms with Crippen LogP contribution in [-0.2, 0) is 9.59 Å². The number of carbonyl (C=O) groups is 2. The summed E-state index contributed by atoms with van der Waals surface area (Å²) in [5.41, 5.74) is 1.11. The number of amidine groups is 1. The molecule has 5 nitrogen and oxygen atoms in total. The molecule has 2 aromatic rings. The lowest BCUT2D eigenvalue weighted by atomic mass is 10.2. The van der Waals surface area contributed by atoms with Crippen molar-refractivity contribution in [2.45, 2.75) is 11.7 Å². The molecule has 134 valence electrons. The third kappa shape index (κ3) is 4.92. The van der Waals surface area contributed by atoms with Gasteiger partial charge in [-0.05, 0) is 42.5 Å². The van der Waals surface area contributed by atoms with Gasteiger partial charge in [0.1, 0.15) is 5.25 Å². The molecule has 1 saturated heterocycles. The molecular formula is C17H12Cl3N3O2S. The summed E-state index contributed by atoms with van der Waals surface area (Å²) < 4.78 is 0. The topological polar surface area (TPSA) is 70.6 Å². The maximum atomic E-state index is 12.2. The van der Waals surface area contributed by atoms with Crippen molar-refractivity contribution >= 4 is 74.9 Å². The number of rotatable bonds is 4. The second kappa shape index (κ2) is 8.31. The summed E-state index contributed by atoms with van der Waals surface area (Å²) in [7, 11) is 0. The van der Waals surface area contributed by atoms with E-state index in [4.69, 9.17) is 34.8 Å². The Balaban J connectivity index is 1.62. The number of hydrogen-bond acceptors (Lipinski definition) is 4. The van der Waals surface area contributed by atoms with Crippen LogP contribution >= 0.6 is 46.6 Å². The van der Waals surface area contributed by atoms with Gasteiger partial charge in [-0.2, -0.15) is 0 Å². The molecule has 0 aromatic heterocycles. The number of nitrogens with one attached hydrogen (secondary N) is 2. The van der Waals surface area contributed by atoms with Gasteiger partial charge in [-0.25, -0.2) is 4.99 Å². The summed E-state index contributed by atoms with van der Waals surface area (Å²) in [4.78, 5) is 28.6. The van der Waals surface area contributed by atoms with Crippen LogP contribution in [-0.4, -0.2) is 22.2 Å². The Morgan fingerprint density at radius 3 is 2.50 bits per heavy atom. The van der Waals surface area contributed by atoms with E-state index in [2.05, 4.69) is 15.6 Å². The van der Waals surface area contributed by atoms with E-state index in [1.807, 2.05) is 0 Å². The van der Waals surface area contributed by atoms with E-state index in [0.717, 1.165) is 0 Å². The summed E-state index contributed by atoms with van der Waals surface area (Å²) >= 11 is 18.9. The largest absolute Gasteiger partial charge is 0.325 e. The maximum absolute atomic E-state index is 12.2. The lowest BCUT2D eigenvalue weighted by molar-refractivity contribution is -0.122. The summed E-state index contributed by atoms with van der Waals surface area (Å²) in [5.74, 6) is -0.588. The molecule has 3 rings (SSSR count). The van der Waals surface area contributed by atoms with Gasteiger partial charge in [-0.1, -0.05) is 46.6 Å². The third-order valence-electron chi connectivity index (χ3n) is 3.41. The Bertz CT molecular complexity index is 887. The Kier molecular flexibility index (Phi) is 6.09. The average molecular weight is 429 g/mol. The van der Waals surface area contributed by atoms with Crippen molar-refractivity contribution in [3.05, 3.63) is 57.5 Å². The Labute approximate surface area is 169 Å². The molecule has 2 aromatic carbocycles. The first-order valence-electron chi connectivity index (χ1n) is 7.47. The highest BCUT2D eigenvalue weighted by molar-refractivity contribution is 8.15. The van der Waals surface area contributed by atoms with Crippen molar-refractivity contribution < 1.29 is 9.59 Å². The van der Waals surface area contributed by atoms with Crippen LogP contribution in [0.25, 0.3) is 0 Å². The summed E-state index contributed by atoms with van der Waals surface area (Å²) in [6.07, 6.45) is -0.00487. The molecule has 1 heterocycles. The molecule has 26 heavy (non-hydrogen) atoms. The molecule has 0 saturated carbocycles. The summed E-state index contributed by atoms with van der Waals surface area (Å²) in [5, 5.41) is 6.64. The lowest BCUT2D eigenvalue weighted by Crippen LogP contribution is -2.28. The van der Waals surface area contributed by atoms with Crippen LogP contribution in [0.4, 0.5) is 11.4 Å². The number of hydrogen-bond donors (Lipinski definition) is 2.